The van der Waals surface area contributed by atoms with Crippen molar-refractivity contribution in [1.82, 2.24) is 20.1 Å². The fourth-order valence-corrected chi connectivity index (χ4v) is 1.70. The lowest BCUT2D eigenvalue weighted by atomic mass is 10.3. The first-order valence-corrected chi connectivity index (χ1v) is 6.14. The van der Waals surface area contributed by atoms with Crippen molar-refractivity contribution < 1.29 is 4.79 Å². The molecule has 0 aliphatic rings. The van der Waals surface area contributed by atoms with Crippen LogP contribution < -0.4 is 10.6 Å². The summed E-state index contributed by atoms with van der Waals surface area (Å²) in [6, 6.07) is 3.57. The Bertz CT molecular complexity index is 564. The summed E-state index contributed by atoms with van der Waals surface area (Å²) in [7, 11) is 1.84. The minimum atomic E-state index is -0.191. The zero-order chi connectivity index (χ0) is 13.7. The van der Waals surface area contributed by atoms with Gasteiger partial charge in [-0.15, -0.1) is 0 Å². The molecule has 0 aliphatic carbocycles. The summed E-state index contributed by atoms with van der Waals surface area (Å²) in [6.45, 7) is 3.25. The Morgan fingerprint density at radius 1 is 1.47 bits per heavy atom. The highest BCUT2D eigenvalue weighted by molar-refractivity contribution is 5.93. The largest absolute Gasteiger partial charge is 0.385 e. The van der Waals surface area contributed by atoms with Crippen molar-refractivity contribution in [2.75, 3.05) is 11.9 Å². The molecular formula is C13H17N5O. The number of carbonyl (C=O) groups is 1. The van der Waals surface area contributed by atoms with Crippen LogP contribution in [-0.2, 0) is 13.6 Å². The number of hydrogen-bond acceptors (Lipinski definition) is 4. The van der Waals surface area contributed by atoms with Gasteiger partial charge in [0.05, 0.1) is 6.20 Å². The molecule has 0 radical (unpaired) electrons. The predicted molar refractivity (Wildman–Crippen MR) is 72.8 cm³/mol. The molecule has 6 heteroatoms. The fourth-order valence-electron chi connectivity index (χ4n) is 1.70. The second kappa shape index (κ2) is 5.99. The SMILES string of the molecule is CCNc1ccnc(C(=O)NCc2cnn(C)c2)c1. The summed E-state index contributed by atoms with van der Waals surface area (Å²) in [5.41, 5.74) is 2.25. The first-order valence-electron chi connectivity index (χ1n) is 6.14. The van der Waals surface area contributed by atoms with Gasteiger partial charge < -0.3 is 10.6 Å². The number of anilines is 1. The zero-order valence-electron chi connectivity index (χ0n) is 11.1. The van der Waals surface area contributed by atoms with E-state index in [2.05, 4.69) is 20.7 Å². The lowest BCUT2D eigenvalue weighted by Crippen LogP contribution is -2.23. The maximum atomic E-state index is 12.0. The van der Waals surface area contributed by atoms with Crippen LogP contribution in [0.4, 0.5) is 5.69 Å². The van der Waals surface area contributed by atoms with E-state index in [4.69, 9.17) is 0 Å². The third-order valence-corrected chi connectivity index (χ3v) is 2.58. The fraction of sp³-hybridized carbons (Fsp3) is 0.308. The third-order valence-electron chi connectivity index (χ3n) is 2.58. The number of pyridine rings is 1. The summed E-state index contributed by atoms with van der Waals surface area (Å²) in [5, 5.41) is 10.0. The lowest BCUT2D eigenvalue weighted by molar-refractivity contribution is 0.0946. The van der Waals surface area contributed by atoms with Crippen LogP contribution in [0.25, 0.3) is 0 Å². The second-order valence-electron chi connectivity index (χ2n) is 4.17. The molecule has 2 heterocycles. The van der Waals surface area contributed by atoms with Crippen molar-refractivity contribution in [1.29, 1.82) is 0 Å². The number of carbonyl (C=O) groups excluding carboxylic acids is 1. The normalized spacial score (nSPS) is 10.2. The predicted octanol–water partition coefficient (Wildman–Crippen LogP) is 1.18. The number of aryl methyl sites for hydroxylation is 1. The summed E-state index contributed by atoms with van der Waals surface area (Å²) < 4.78 is 1.70. The van der Waals surface area contributed by atoms with Gasteiger partial charge in [0.2, 0.25) is 0 Å². The summed E-state index contributed by atoms with van der Waals surface area (Å²) in [6.07, 6.45) is 5.21. The minimum Gasteiger partial charge on any atom is -0.385 e. The van der Waals surface area contributed by atoms with Gasteiger partial charge in [-0.1, -0.05) is 0 Å². The Hall–Kier alpha value is -2.37. The van der Waals surface area contributed by atoms with Crippen molar-refractivity contribution in [3.05, 3.63) is 42.0 Å². The molecule has 1 amide bonds. The van der Waals surface area contributed by atoms with Crippen molar-refractivity contribution in [2.24, 2.45) is 7.05 Å². The Morgan fingerprint density at radius 2 is 2.32 bits per heavy atom. The van der Waals surface area contributed by atoms with Gasteiger partial charge in [-0.05, 0) is 19.1 Å². The molecule has 100 valence electrons. The molecular weight excluding hydrogens is 242 g/mol. The molecule has 0 fully saturated rings. The molecule has 2 rings (SSSR count). The Balaban J connectivity index is 1.97. The molecule has 0 atom stereocenters. The molecule has 0 bridgehead atoms. The van der Waals surface area contributed by atoms with Gasteiger partial charge in [0.1, 0.15) is 5.69 Å². The van der Waals surface area contributed by atoms with Crippen LogP contribution in [0.2, 0.25) is 0 Å². The standard InChI is InChI=1S/C13H17N5O/c1-3-14-11-4-5-15-12(6-11)13(19)16-7-10-8-17-18(2)9-10/h4-6,8-9H,3,7H2,1-2H3,(H,14,15)(H,16,19). The number of aromatic nitrogens is 3. The minimum absolute atomic E-state index is 0.191. The first kappa shape index (κ1) is 13.1. The van der Waals surface area contributed by atoms with Crippen LogP contribution in [0.5, 0.6) is 0 Å². The average Bonchev–Trinajstić information content (AvgIpc) is 2.82. The summed E-state index contributed by atoms with van der Waals surface area (Å²) in [5.74, 6) is -0.191. The van der Waals surface area contributed by atoms with E-state index in [9.17, 15) is 4.79 Å². The number of hydrogen-bond donors (Lipinski definition) is 2. The molecule has 0 saturated heterocycles. The summed E-state index contributed by atoms with van der Waals surface area (Å²) >= 11 is 0. The van der Waals surface area contributed by atoms with Gasteiger partial charge in [0.15, 0.2) is 0 Å². The van der Waals surface area contributed by atoms with E-state index in [0.717, 1.165) is 17.8 Å². The Morgan fingerprint density at radius 3 is 3.00 bits per heavy atom. The van der Waals surface area contributed by atoms with Gasteiger partial charge in [-0.3, -0.25) is 14.5 Å². The molecule has 19 heavy (non-hydrogen) atoms. The van der Waals surface area contributed by atoms with Crippen LogP contribution >= 0.6 is 0 Å². The maximum Gasteiger partial charge on any atom is 0.270 e. The Kier molecular flexibility index (Phi) is 4.12. The molecule has 2 N–H and O–H groups in total. The van der Waals surface area contributed by atoms with Gasteiger partial charge in [0, 0.05) is 43.8 Å². The van der Waals surface area contributed by atoms with Crippen molar-refractivity contribution in [3.8, 4) is 0 Å². The molecule has 0 unspecified atom stereocenters. The van der Waals surface area contributed by atoms with Crippen molar-refractivity contribution in [3.63, 3.8) is 0 Å². The van der Waals surface area contributed by atoms with Crippen LogP contribution in [0.3, 0.4) is 0 Å². The average molecular weight is 259 g/mol. The first-order chi connectivity index (χ1) is 9.19. The van der Waals surface area contributed by atoms with Crippen molar-refractivity contribution in [2.45, 2.75) is 13.5 Å². The van der Waals surface area contributed by atoms with Gasteiger partial charge in [-0.25, -0.2) is 0 Å². The maximum absolute atomic E-state index is 12.0. The van der Waals surface area contributed by atoms with Gasteiger partial charge in [0.25, 0.3) is 5.91 Å². The number of amides is 1. The third kappa shape index (κ3) is 3.54. The van der Waals surface area contributed by atoms with Crippen LogP contribution in [-0.4, -0.2) is 27.2 Å². The van der Waals surface area contributed by atoms with Crippen LogP contribution in [0.1, 0.15) is 23.0 Å². The molecule has 6 nitrogen and oxygen atoms in total. The van der Waals surface area contributed by atoms with Crippen LogP contribution in [0.15, 0.2) is 30.7 Å². The van der Waals surface area contributed by atoms with E-state index in [0.29, 0.717) is 12.2 Å². The number of nitrogens with one attached hydrogen (secondary N) is 2. The van der Waals surface area contributed by atoms with E-state index in [-0.39, 0.29) is 5.91 Å². The van der Waals surface area contributed by atoms with E-state index >= 15 is 0 Å². The topological polar surface area (TPSA) is 71.8 Å². The molecule has 0 aliphatic heterocycles. The molecule has 2 aromatic rings. The van der Waals surface area contributed by atoms with Gasteiger partial charge >= 0.3 is 0 Å². The van der Waals surface area contributed by atoms with Crippen molar-refractivity contribution >= 4 is 11.6 Å². The lowest BCUT2D eigenvalue weighted by Gasteiger charge is -2.06. The highest BCUT2D eigenvalue weighted by Gasteiger charge is 2.08. The van der Waals surface area contributed by atoms with Crippen LogP contribution in [0, 0.1) is 0 Å². The van der Waals surface area contributed by atoms with E-state index in [1.807, 2.05) is 26.2 Å². The highest BCUT2D eigenvalue weighted by atomic mass is 16.1. The van der Waals surface area contributed by atoms with E-state index < -0.39 is 0 Å². The molecule has 0 spiro atoms. The zero-order valence-corrected chi connectivity index (χ0v) is 11.1. The monoisotopic (exact) mass is 259 g/mol. The molecule has 0 saturated carbocycles. The second-order valence-corrected chi connectivity index (χ2v) is 4.17. The van der Waals surface area contributed by atoms with E-state index in [1.54, 1.807) is 23.1 Å². The van der Waals surface area contributed by atoms with Gasteiger partial charge in [-0.2, -0.15) is 5.10 Å². The smallest absolute Gasteiger partial charge is 0.270 e. The molecule has 0 aromatic carbocycles. The quantitative estimate of drug-likeness (QED) is 0.845. The van der Waals surface area contributed by atoms with E-state index in [1.165, 1.54) is 0 Å². The Labute approximate surface area is 111 Å². The highest BCUT2D eigenvalue weighted by Crippen LogP contribution is 2.07. The molecule has 2 aromatic heterocycles. The number of nitrogens with zero attached hydrogens (tertiary/aromatic N) is 3. The summed E-state index contributed by atoms with van der Waals surface area (Å²) in [4.78, 5) is 16.0. The number of rotatable bonds is 5.